The van der Waals surface area contributed by atoms with E-state index in [-0.39, 0.29) is 37.4 Å². The summed E-state index contributed by atoms with van der Waals surface area (Å²) in [7, 11) is 0. The quantitative estimate of drug-likeness (QED) is 0.862. The molecule has 2 aliphatic rings. The Labute approximate surface area is 145 Å². The van der Waals surface area contributed by atoms with Crippen molar-refractivity contribution in [3.8, 4) is 0 Å². The second-order valence-electron chi connectivity index (χ2n) is 6.09. The molecule has 2 aromatic rings. The maximum Gasteiger partial charge on any atom is 0.261 e. The molecule has 0 unspecified atom stereocenters. The van der Waals surface area contributed by atoms with Crippen molar-refractivity contribution in [1.82, 2.24) is 10.2 Å². The summed E-state index contributed by atoms with van der Waals surface area (Å²) >= 11 is 0. The van der Waals surface area contributed by atoms with Crippen molar-refractivity contribution in [3.05, 3.63) is 65.2 Å². The molecule has 2 aromatic carbocycles. The number of hydrogen-bond acceptors (Lipinski definition) is 4. The predicted molar refractivity (Wildman–Crippen MR) is 92.3 cm³/mol. The molecule has 3 amide bonds. The number of benzene rings is 2. The summed E-state index contributed by atoms with van der Waals surface area (Å²) in [5, 5.41) is 3.10. The van der Waals surface area contributed by atoms with Crippen molar-refractivity contribution in [3.63, 3.8) is 0 Å². The van der Waals surface area contributed by atoms with Gasteiger partial charge in [-0.1, -0.05) is 30.3 Å². The minimum Gasteiger partial charge on any atom is -0.309 e. The van der Waals surface area contributed by atoms with Gasteiger partial charge in [-0.05, 0) is 23.8 Å². The SMILES string of the molecule is O=C1c2ccccc2C(=O)N1CCN1C(=O)CNCc2ccccc21. The Balaban J connectivity index is 1.57. The highest BCUT2D eigenvalue weighted by molar-refractivity contribution is 6.21. The highest BCUT2D eigenvalue weighted by Gasteiger charge is 2.35. The van der Waals surface area contributed by atoms with Crippen molar-refractivity contribution < 1.29 is 14.4 Å². The van der Waals surface area contributed by atoms with Crippen LogP contribution in [0.2, 0.25) is 0 Å². The van der Waals surface area contributed by atoms with Crippen LogP contribution in [0.3, 0.4) is 0 Å². The lowest BCUT2D eigenvalue weighted by molar-refractivity contribution is -0.117. The molecule has 126 valence electrons. The van der Waals surface area contributed by atoms with Crippen molar-refractivity contribution in [1.29, 1.82) is 0 Å². The van der Waals surface area contributed by atoms with E-state index >= 15 is 0 Å². The van der Waals surface area contributed by atoms with Crippen LogP contribution in [0.4, 0.5) is 5.69 Å². The van der Waals surface area contributed by atoms with Crippen molar-refractivity contribution in [2.24, 2.45) is 0 Å². The molecule has 6 heteroatoms. The van der Waals surface area contributed by atoms with E-state index in [1.807, 2.05) is 24.3 Å². The topological polar surface area (TPSA) is 69.7 Å². The first kappa shape index (κ1) is 15.5. The lowest BCUT2D eigenvalue weighted by atomic mass is 10.1. The average Bonchev–Trinajstić information content (AvgIpc) is 2.77. The Morgan fingerprint density at radius 2 is 1.36 bits per heavy atom. The number of amides is 3. The second-order valence-corrected chi connectivity index (χ2v) is 6.09. The van der Waals surface area contributed by atoms with Gasteiger partial charge in [-0.2, -0.15) is 0 Å². The number of hydrogen-bond donors (Lipinski definition) is 1. The molecule has 25 heavy (non-hydrogen) atoms. The monoisotopic (exact) mass is 335 g/mol. The van der Waals surface area contributed by atoms with Gasteiger partial charge in [-0.25, -0.2) is 0 Å². The van der Waals surface area contributed by atoms with E-state index in [4.69, 9.17) is 0 Å². The van der Waals surface area contributed by atoms with E-state index in [1.165, 1.54) is 4.90 Å². The first-order valence-electron chi connectivity index (χ1n) is 8.21. The van der Waals surface area contributed by atoms with E-state index in [0.29, 0.717) is 17.7 Å². The van der Waals surface area contributed by atoms with Crippen LogP contribution in [0.1, 0.15) is 26.3 Å². The fraction of sp³-hybridized carbons (Fsp3) is 0.211. The lowest BCUT2D eigenvalue weighted by Crippen LogP contribution is -2.42. The summed E-state index contributed by atoms with van der Waals surface area (Å²) in [4.78, 5) is 40.2. The Morgan fingerprint density at radius 3 is 2.08 bits per heavy atom. The van der Waals surface area contributed by atoms with Gasteiger partial charge < -0.3 is 10.2 Å². The molecule has 0 fully saturated rings. The van der Waals surface area contributed by atoms with Crippen LogP contribution in [-0.2, 0) is 11.3 Å². The molecule has 0 spiro atoms. The molecular formula is C19H17N3O3. The second kappa shape index (κ2) is 6.14. The third-order valence-corrected chi connectivity index (χ3v) is 4.60. The van der Waals surface area contributed by atoms with Gasteiger partial charge in [0.25, 0.3) is 11.8 Å². The number of nitrogens with zero attached hydrogens (tertiary/aromatic N) is 2. The number of carbonyl (C=O) groups excluding carboxylic acids is 3. The predicted octanol–water partition coefficient (Wildman–Crippen LogP) is 1.42. The van der Waals surface area contributed by atoms with Gasteiger partial charge in [0.2, 0.25) is 5.91 Å². The average molecular weight is 335 g/mol. The largest absolute Gasteiger partial charge is 0.309 e. The van der Waals surface area contributed by atoms with Crippen molar-refractivity contribution >= 4 is 23.4 Å². The fourth-order valence-corrected chi connectivity index (χ4v) is 3.34. The van der Waals surface area contributed by atoms with Crippen LogP contribution in [0.25, 0.3) is 0 Å². The standard InChI is InChI=1S/C19H17N3O3/c23-17-12-20-11-13-5-1-4-8-16(13)21(17)9-10-22-18(24)14-6-2-3-7-15(14)19(22)25/h1-8,20H,9-12H2. The van der Waals surface area contributed by atoms with Gasteiger partial charge in [0, 0.05) is 25.3 Å². The molecule has 6 nitrogen and oxygen atoms in total. The van der Waals surface area contributed by atoms with Crippen LogP contribution in [0.5, 0.6) is 0 Å². The number of para-hydroxylation sites is 1. The molecule has 0 saturated heterocycles. The fourth-order valence-electron chi connectivity index (χ4n) is 3.34. The Hall–Kier alpha value is -2.99. The normalized spacial score (nSPS) is 16.7. The molecular weight excluding hydrogens is 318 g/mol. The van der Waals surface area contributed by atoms with Gasteiger partial charge in [0.1, 0.15) is 0 Å². The van der Waals surface area contributed by atoms with Crippen LogP contribution in [0.15, 0.2) is 48.5 Å². The Morgan fingerprint density at radius 1 is 0.760 bits per heavy atom. The van der Waals surface area contributed by atoms with Crippen LogP contribution < -0.4 is 10.2 Å². The van der Waals surface area contributed by atoms with Gasteiger partial charge >= 0.3 is 0 Å². The lowest BCUT2D eigenvalue weighted by Gasteiger charge is -2.25. The van der Waals surface area contributed by atoms with E-state index < -0.39 is 0 Å². The Bertz CT molecular complexity index is 843. The number of fused-ring (bicyclic) bond motifs is 2. The molecule has 0 aliphatic carbocycles. The zero-order chi connectivity index (χ0) is 17.4. The molecule has 0 bridgehead atoms. The minimum absolute atomic E-state index is 0.0680. The highest BCUT2D eigenvalue weighted by Crippen LogP contribution is 2.25. The van der Waals surface area contributed by atoms with Crippen molar-refractivity contribution in [2.75, 3.05) is 24.5 Å². The number of imide groups is 1. The van der Waals surface area contributed by atoms with E-state index in [2.05, 4.69) is 5.32 Å². The van der Waals surface area contributed by atoms with Gasteiger partial charge in [0.15, 0.2) is 0 Å². The highest BCUT2D eigenvalue weighted by atomic mass is 16.2. The molecule has 0 aromatic heterocycles. The molecule has 2 heterocycles. The molecule has 0 atom stereocenters. The third-order valence-electron chi connectivity index (χ3n) is 4.60. The number of carbonyl (C=O) groups is 3. The number of nitrogens with one attached hydrogen (secondary N) is 1. The number of rotatable bonds is 3. The maximum absolute atomic E-state index is 12.5. The van der Waals surface area contributed by atoms with E-state index in [9.17, 15) is 14.4 Å². The van der Waals surface area contributed by atoms with Crippen LogP contribution in [0, 0.1) is 0 Å². The van der Waals surface area contributed by atoms with Gasteiger partial charge in [-0.3, -0.25) is 19.3 Å². The summed E-state index contributed by atoms with van der Waals surface area (Å²) in [6.07, 6.45) is 0. The summed E-state index contributed by atoms with van der Waals surface area (Å²) in [6.45, 7) is 1.30. The smallest absolute Gasteiger partial charge is 0.261 e. The van der Waals surface area contributed by atoms with Gasteiger partial charge in [-0.15, -0.1) is 0 Å². The molecule has 0 radical (unpaired) electrons. The van der Waals surface area contributed by atoms with E-state index in [1.54, 1.807) is 29.2 Å². The van der Waals surface area contributed by atoms with Crippen LogP contribution in [-0.4, -0.2) is 42.3 Å². The Kier molecular flexibility index (Phi) is 3.82. The first-order valence-corrected chi connectivity index (χ1v) is 8.21. The van der Waals surface area contributed by atoms with Gasteiger partial charge in [0.05, 0.1) is 17.7 Å². The summed E-state index contributed by atoms with van der Waals surface area (Å²) in [5.74, 6) is -0.662. The molecule has 1 N–H and O–H groups in total. The first-order chi connectivity index (χ1) is 12.2. The molecule has 2 aliphatic heterocycles. The van der Waals surface area contributed by atoms with E-state index in [0.717, 1.165) is 11.3 Å². The zero-order valence-corrected chi connectivity index (χ0v) is 13.6. The maximum atomic E-state index is 12.5. The van der Waals surface area contributed by atoms with Crippen molar-refractivity contribution in [2.45, 2.75) is 6.54 Å². The summed E-state index contributed by atoms with van der Waals surface area (Å²) in [6, 6.07) is 14.5. The third kappa shape index (κ3) is 2.60. The summed E-state index contributed by atoms with van der Waals surface area (Å²) in [5.41, 5.74) is 2.71. The molecule has 4 rings (SSSR count). The number of anilines is 1. The van der Waals surface area contributed by atoms with Crippen LogP contribution >= 0.6 is 0 Å². The zero-order valence-electron chi connectivity index (χ0n) is 13.6. The molecule has 0 saturated carbocycles. The summed E-state index contributed by atoms with van der Waals surface area (Å²) < 4.78 is 0. The minimum atomic E-state index is -0.297.